The highest BCUT2D eigenvalue weighted by molar-refractivity contribution is 5.83. The summed E-state index contributed by atoms with van der Waals surface area (Å²) >= 11 is 0. The van der Waals surface area contributed by atoms with Crippen LogP contribution in [0.15, 0.2) is 36.5 Å². The lowest BCUT2D eigenvalue weighted by Crippen LogP contribution is -2.30. The van der Waals surface area contributed by atoms with E-state index in [-0.39, 0.29) is 5.91 Å². The van der Waals surface area contributed by atoms with E-state index in [9.17, 15) is 4.79 Å². The average Bonchev–Trinajstić information content (AvgIpc) is 2.79. The maximum absolute atomic E-state index is 12.1. The number of likely N-dealkylation sites (N-methyl/N-ethyl adjacent to an activating group) is 1. The zero-order chi connectivity index (χ0) is 13.0. The van der Waals surface area contributed by atoms with Crippen molar-refractivity contribution in [1.29, 1.82) is 0 Å². The van der Waals surface area contributed by atoms with Crippen LogP contribution in [0.5, 0.6) is 0 Å². The van der Waals surface area contributed by atoms with Gasteiger partial charge in [0, 0.05) is 25.3 Å². The van der Waals surface area contributed by atoms with E-state index < -0.39 is 0 Å². The van der Waals surface area contributed by atoms with Crippen molar-refractivity contribution >= 4 is 16.8 Å². The van der Waals surface area contributed by atoms with Crippen molar-refractivity contribution in [3.05, 3.63) is 36.5 Å². The number of unbranched alkanes of at least 4 members (excludes halogenated alkanes) is 1. The molecular weight excluding hydrogens is 224 g/mol. The Morgan fingerprint density at radius 3 is 2.83 bits per heavy atom. The van der Waals surface area contributed by atoms with Gasteiger partial charge in [0.2, 0.25) is 5.91 Å². The molecule has 1 heterocycles. The summed E-state index contributed by atoms with van der Waals surface area (Å²) in [7, 11) is 1.88. The van der Waals surface area contributed by atoms with Crippen molar-refractivity contribution < 1.29 is 4.79 Å². The predicted octanol–water partition coefficient (Wildman–Crippen LogP) is 2.90. The number of nitrogens with zero attached hydrogens (tertiary/aromatic N) is 2. The predicted molar refractivity (Wildman–Crippen MR) is 74.5 cm³/mol. The summed E-state index contributed by atoms with van der Waals surface area (Å²) in [6.45, 7) is 3.40. The third-order valence-electron chi connectivity index (χ3n) is 3.26. The molecule has 3 heteroatoms. The standard InChI is InChI=1S/C15H20N2O/c1-3-4-10-16(2)15(18)12-17-11-9-13-7-5-6-8-14(13)17/h5-9,11H,3-4,10,12H2,1-2H3. The minimum Gasteiger partial charge on any atom is -0.344 e. The Labute approximate surface area is 108 Å². The second-order valence-corrected chi connectivity index (χ2v) is 4.67. The summed E-state index contributed by atoms with van der Waals surface area (Å²) in [5.41, 5.74) is 1.12. The van der Waals surface area contributed by atoms with Crippen molar-refractivity contribution in [2.24, 2.45) is 0 Å². The Balaban J connectivity index is 2.07. The van der Waals surface area contributed by atoms with E-state index >= 15 is 0 Å². The van der Waals surface area contributed by atoms with Gasteiger partial charge in [-0.15, -0.1) is 0 Å². The molecule has 0 bridgehead atoms. The van der Waals surface area contributed by atoms with Gasteiger partial charge in [0.25, 0.3) is 0 Å². The summed E-state index contributed by atoms with van der Waals surface area (Å²) in [5, 5.41) is 1.18. The zero-order valence-corrected chi connectivity index (χ0v) is 11.1. The van der Waals surface area contributed by atoms with E-state index in [0.29, 0.717) is 6.54 Å². The normalized spacial score (nSPS) is 10.8. The van der Waals surface area contributed by atoms with Gasteiger partial charge in [0.15, 0.2) is 0 Å². The number of fused-ring (bicyclic) bond motifs is 1. The third-order valence-corrected chi connectivity index (χ3v) is 3.26. The van der Waals surface area contributed by atoms with Crippen LogP contribution in [0.2, 0.25) is 0 Å². The first kappa shape index (κ1) is 12.7. The largest absolute Gasteiger partial charge is 0.344 e. The summed E-state index contributed by atoms with van der Waals surface area (Å²) < 4.78 is 2.01. The van der Waals surface area contributed by atoms with Gasteiger partial charge in [-0.3, -0.25) is 4.79 Å². The number of amides is 1. The number of carbonyl (C=O) groups excluding carboxylic acids is 1. The van der Waals surface area contributed by atoms with Gasteiger partial charge < -0.3 is 9.47 Å². The van der Waals surface area contributed by atoms with Gasteiger partial charge in [-0.1, -0.05) is 31.5 Å². The van der Waals surface area contributed by atoms with E-state index in [1.165, 1.54) is 5.39 Å². The van der Waals surface area contributed by atoms with Crippen molar-refractivity contribution in [3.63, 3.8) is 0 Å². The maximum atomic E-state index is 12.1. The molecule has 18 heavy (non-hydrogen) atoms. The van der Waals surface area contributed by atoms with Gasteiger partial charge in [-0.2, -0.15) is 0 Å². The minimum atomic E-state index is 0.171. The Bertz CT molecular complexity index is 530. The van der Waals surface area contributed by atoms with E-state index in [1.54, 1.807) is 0 Å². The number of carbonyl (C=O) groups is 1. The van der Waals surface area contributed by atoms with Crippen LogP contribution in [-0.4, -0.2) is 29.0 Å². The van der Waals surface area contributed by atoms with Gasteiger partial charge in [-0.05, 0) is 23.9 Å². The lowest BCUT2D eigenvalue weighted by molar-refractivity contribution is -0.130. The van der Waals surface area contributed by atoms with Crippen LogP contribution >= 0.6 is 0 Å². The van der Waals surface area contributed by atoms with Crippen LogP contribution in [-0.2, 0) is 11.3 Å². The average molecular weight is 244 g/mol. The molecule has 0 aliphatic heterocycles. The number of hydrogen-bond acceptors (Lipinski definition) is 1. The lowest BCUT2D eigenvalue weighted by atomic mass is 10.2. The Morgan fingerprint density at radius 2 is 2.06 bits per heavy atom. The fraction of sp³-hybridized carbons (Fsp3) is 0.400. The fourth-order valence-electron chi connectivity index (χ4n) is 2.06. The van der Waals surface area contributed by atoms with Crippen molar-refractivity contribution in [2.75, 3.05) is 13.6 Å². The number of para-hydroxylation sites is 1. The molecule has 0 spiro atoms. The highest BCUT2D eigenvalue weighted by atomic mass is 16.2. The Morgan fingerprint density at radius 1 is 1.28 bits per heavy atom. The Hall–Kier alpha value is -1.77. The molecule has 96 valence electrons. The van der Waals surface area contributed by atoms with Gasteiger partial charge in [0.1, 0.15) is 6.54 Å². The highest BCUT2D eigenvalue weighted by Crippen LogP contribution is 2.15. The van der Waals surface area contributed by atoms with Crippen molar-refractivity contribution in [2.45, 2.75) is 26.3 Å². The van der Waals surface area contributed by atoms with Gasteiger partial charge in [-0.25, -0.2) is 0 Å². The molecule has 0 fully saturated rings. The summed E-state index contributed by atoms with van der Waals surface area (Å²) in [6.07, 6.45) is 4.16. The SMILES string of the molecule is CCCCN(C)C(=O)Cn1ccc2ccccc21. The molecule has 0 aliphatic carbocycles. The summed E-state index contributed by atoms with van der Waals surface area (Å²) in [5.74, 6) is 0.171. The monoisotopic (exact) mass is 244 g/mol. The second-order valence-electron chi connectivity index (χ2n) is 4.67. The number of hydrogen-bond donors (Lipinski definition) is 0. The van der Waals surface area contributed by atoms with Crippen LogP contribution in [0.1, 0.15) is 19.8 Å². The van der Waals surface area contributed by atoms with Crippen molar-refractivity contribution in [1.82, 2.24) is 9.47 Å². The fourth-order valence-corrected chi connectivity index (χ4v) is 2.06. The molecule has 0 saturated heterocycles. The summed E-state index contributed by atoms with van der Waals surface area (Å²) in [4.78, 5) is 13.9. The molecule has 3 nitrogen and oxygen atoms in total. The molecule has 1 aromatic carbocycles. The van der Waals surface area contributed by atoms with E-state index in [0.717, 1.165) is 24.9 Å². The van der Waals surface area contributed by atoms with Gasteiger partial charge in [0.05, 0.1) is 0 Å². The molecular formula is C15H20N2O. The van der Waals surface area contributed by atoms with Crippen LogP contribution in [0.25, 0.3) is 10.9 Å². The smallest absolute Gasteiger partial charge is 0.242 e. The first-order chi connectivity index (χ1) is 8.72. The molecule has 0 atom stereocenters. The molecule has 0 radical (unpaired) electrons. The molecule has 1 amide bonds. The lowest BCUT2D eigenvalue weighted by Gasteiger charge is -2.17. The van der Waals surface area contributed by atoms with E-state index in [2.05, 4.69) is 25.1 Å². The number of rotatable bonds is 5. The topological polar surface area (TPSA) is 25.2 Å². The molecule has 2 aromatic rings. The molecule has 0 saturated carbocycles. The molecule has 0 unspecified atom stereocenters. The minimum absolute atomic E-state index is 0.171. The quantitative estimate of drug-likeness (QED) is 0.794. The Kier molecular flexibility index (Phi) is 4.03. The second kappa shape index (κ2) is 5.71. The molecule has 0 aliphatic rings. The maximum Gasteiger partial charge on any atom is 0.242 e. The summed E-state index contributed by atoms with van der Waals surface area (Å²) in [6, 6.07) is 10.2. The zero-order valence-electron chi connectivity index (χ0n) is 11.1. The number of aromatic nitrogens is 1. The van der Waals surface area contributed by atoms with E-state index in [4.69, 9.17) is 0 Å². The first-order valence-corrected chi connectivity index (χ1v) is 6.50. The molecule has 1 aromatic heterocycles. The van der Waals surface area contributed by atoms with Crippen LogP contribution in [0.4, 0.5) is 0 Å². The molecule has 2 rings (SSSR count). The van der Waals surface area contributed by atoms with Crippen LogP contribution in [0, 0.1) is 0 Å². The van der Waals surface area contributed by atoms with E-state index in [1.807, 2.05) is 34.8 Å². The van der Waals surface area contributed by atoms with Crippen LogP contribution < -0.4 is 0 Å². The number of benzene rings is 1. The van der Waals surface area contributed by atoms with Gasteiger partial charge >= 0.3 is 0 Å². The third kappa shape index (κ3) is 2.73. The van der Waals surface area contributed by atoms with Crippen molar-refractivity contribution in [3.8, 4) is 0 Å². The van der Waals surface area contributed by atoms with Crippen LogP contribution in [0.3, 0.4) is 0 Å². The first-order valence-electron chi connectivity index (χ1n) is 6.50. The highest BCUT2D eigenvalue weighted by Gasteiger charge is 2.10. The molecule has 0 N–H and O–H groups in total.